The molecule has 37 heavy (non-hydrogen) atoms. The molecule has 5 aromatic rings. The van der Waals surface area contributed by atoms with Gasteiger partial charge in [0.15, 0.2) is 22.5 Å². The number of thioether (sulfide) groups is 1. The molecule has 0 fully saturated rings. The summed E-state index contributed by atoms with van der Waals surface area (Å²) >= 11 is 14.2. The lowest BCUT2D eigenvalue weighted by molar-refractivity contribution is 0.195. The van der Waals surface area contributed by atoms with Crippen LogP contribution in [-0.4, -0.2) is 31.1 Å². The van der Waals surface area contributed by atoms with E-state index in [4.69, 9.17) is 32.9 Å². The Bertz CT molecular complexity index is 1560. The van der Waals surface area contributed by atoms with Gasteiger partial charge in [-0.1, -0.05) is 71.4 Å². The first-order chi connectivity index (χ1) is 18.0. The van der Waals surface area contributed by atoms with Crippen LogP contribution in [0.5, 0.6) is 5.75 Å². The Labute approximate surface area is 226 Å². The summed E-state index contributed by atoms with van der Waals surface area (Å²) in [5.74, 6) is -0.364. The highest BCUT2D eigenvalue weighted by molar-refractivity contribution is 7.98. The van der Waals surface area contributed by atoms with Crippen molar-refractivity contribution in [2.75, 3.05) is 6.26 Å². The molecule has 5 rings (SSSR count). The molecule has 0 atom stereocenters. The van der Waals surface area contributed by atoms with E-state index in [2.05, 4.69) is 9.97 Å². The maximum absolute atomic E-state index is 14.7. The quantitative estimate of drug-likeness (QED) is 0.127. The van der Waals surface area contributed by atoms with E-state index in [0.717, 1.165) is 10.3 Å². The summed E-state index contributed by atoms with van der Waals surface area (Å²) in [6.07, 6.45) is 3.44. The van der Waals surface area contributed by atoms with E-state index in [-0.39, 0.29) is 23.9 Å². The van der Waals surface area contributed by atoms with Crippen LogP contribution in [0.2, 0.25) is 10.0 Å². The number of nitrogens with zero attached hydrogens (tertiary/aromatic N) is 4. The van der Waals surface area contributed by atoms with Crippen molar-refractivity contribution in [3.63, 3.8) is 0 Å². The molecule has 1 N–H and O–H groups in total. The van der Waals surface area contributed by atoms with Gasteiger partial charge in [0.2, 0.25) is 0 Å². The molecule has 0 spiro atoms. The van der Waals surface area contributed by atoms with E-state index in [9.17, 15) is 9.60 Å². The molecule has 0 aliphatic heterocycles. The summed E-state index contributed by atoms with van der Waals surface area (Å²) in [4.78, 5) is 13.4. The maximum atomic E-state index is 14.7. The standard InChI is InChI=1S/C27H19Cl2FN4O2S/c1-37-27-31-13-12-21(32-27)25-24(33-26(34(25)35)23-18(28)8-5-9-19(23)29)17-10-11-20(30)22(14-17)36-15-16-6-3-2-4-7-16/h2-14,35H,15H2,1H3. The molecule has 186 valence electrons. The Kier molecular flexibility index (Phi) is 7.32. The van der Waals surface area contributed by atoms with Crippen LogP contribution >= 0.6 is 35.0 Å². The van der Waals surface area contributed by atoms with Gasteiger partial charge in [-0.05, 0) is 48.2 Å². The molecule has 6 nitrogen and oxygen atoms in total. The summed E-state index contributed by atoms with van der Waals surface area (Å²) < 4.78 is 21.4. The summed E-state index contributed by atoms with van der Waals surface area (Å²) in [5.41, 5.74) is 2.76. The summed E-state index contributed by atoms with van der Waals surface area (Å²) in [6, 6.07) is 20.5. The van der Waals surface area contributed by atoms with Crippen LogP contribution in [-0.2, 0) is 6.61 Å². The first-order valence-corrected chi connectivity index (χ1v) is 13.0. The van der Waals surface area contributed by atoms with Gasteiger partial charge in [-0.15, -0.1) is 0 Å². The maximum Gasteiger partial charge on any atom is 0.187 e. The van der Waals surface area contributed by atoms with Crippen LogP contribution < -0.4 is 4.74 Å². The molecular formula is C27H19Cl2FN4O2S. The number of rotatable bonds is 7. The molecule has 0 aliphatic rings. The second-order valence-electron chi connectivity index (χ2n) is 7.89. The summed E-state index contributed by atoms with van der Waals surface area (Å²) in [7, 11) is 0. The number of benzene rings is 3. The number of halogens is 3. The zero-order chi connectivity index (χ0) is 25.9. The summed E-state index contributed by atoms with van der Waals surface area (Å²) in [5, 5.41) is 12.5. The van der Waals surface area contributed by atoms with Crippen molar-refractivity contribution >= 4 is 35.0 Å². The first kappa shape index (κ1) is 25.1. The third-order valence-electron chi connectivity index (χ3n) is 5.54. The van der Waals surface area contributed by atoms with Gasteiger partial charge >= 0.3 is 0 Å². The Morgan fingerprint density at radius 3 is 2.46 bits per heavy atom. The van der Waals surface area contributed by atoms with Gasteiger partial charge in [0.1, 0.15) is 18.0 Å². The number of hydrogen-bond acceptors (Lipinski definition) is 6. The fourth-order valence-corrected chi connectivity index (χ4v) is 4.71. The molecule has 10 heteroatoms. The van der Waals surface area contributed by atoms with E-state index in [1.54, 1.807) is 42.6 Å². The van der Waals surface area contributed by atoms with Crippen molar-refractivity contribution in [3.8, 4) is 39.8 Å². The highest BCUT2D eigenvalue weighted by Gasteiger charge is 2.25. The molecule has 0 saturated heterocycles. The smallest absolute Gasteiger partial charge is 0.187 e. The predicted octanol–water partition coefficient (Wildman–Crippen LogP) is 7.66. The highest BCUT2D eigenvalue weighted by atomic mass is 35.5. The lowest BCUT2D eigenvalue weighted by atomic mass is 10.1. The SMILES string of the molecule is CSc1nccc(-c2c(-c3ccc(F)c(OCc4ccccc4)c3)nc(-c3c(Cl)cccc3Cl)n2O)n1. The summed E-state index contributed by atoms with van der Waals surface area (Å²) in [6.45, 7) is 0.186. The van der Waals surface area contributed by atoms with E-state index in [1.165, 1.54) is 17.8 Å². The van der Waals surface area contributed by atoms with Crippen molar-refractivity contribution in [2.24, 2.45) is 0 Å². The van der Waals surface area contributed by atoms with Gasteiger partial charge in [0.25, 0.3) is 0 Å². The minimum Gasteiger partial charge on any atom is -0.486 e. The van der Waals surface area contributed by atoms with E-state index < -0.39 is 5.82 Å². The monoisotopic (exact) mass is 552 g/mol. The fraction of sp³-hybridized carbons (Fsp3) is 0.0741. The Morgan fingerprint density at radius 1 is 0.973 bits per heavy atom. The van der Waals surface area contributed by atoms with Gasteiger partial charge in [-0.3, -0.25) is 0 Å². The minimum atomic E-state index is -0.522. The van der Waals surface area contributed by atoms with Crippen molar-refractivity contribution < 1.29 is 14.3 Å². The number of hydrogen-bond donors (Lipinski definition) is 1. The average Bonchev–Trinajstić information content (AvgIpc) is 3.25. The van der Waals surface area contributed by atoms with Crippen LogP contribution in [0.3, 0.4) is 0 Å². The number of imidazole rings is 1. The van der Waals surface area contributed by atoms with Gasteiger partial charge in [0, 0.05) is 11.8 Å². The Hall–Kier alpha value is -3.59. The number of aromatic nitrogens is 4. The normalized spacial score (nSPS) is 11.0. The zero-order valence-electron chi connectivity index (χ0n) is 19.4. The first-order valence-electron chi connectivity index (χ1n) is 11.1. The molecule has 2 aromatic heterocycles. The minimum absolute atomic E-state index is 0.0459. The predicted molar refractivity (Wildman–Crippen MR) is 144 cm³/mol. The van der Waals surface area contributed by atoms with Crippen LogP contribution in [0, 0.1) is 5.82 Å². The second kappa shape index (κ2) is 10.8. The van der Waals surface area contributed by atoms with Gasteiger partial charge in [-0.25, -0.2) is 19.3 Å². The molecule has 0 aliphatic carbocycles. The van der Waals surface area contributed by atoms with Gasteiger partial charge < -0.3 is 9.94 Å². The third-order valence-corrected chi connectivity index (χ3v) is 6.73. The molecule has 0 amide bonds. The molecule has 3 aromatic carbocycles. The molecule has 0 unspecified atom stereocenters. The lowest BCUT2D eigenvalue weighted by Gasteiger charge is -2.10. The van der Waals surface area contributed by atoms with Crippen molar-refractivity contribution in [1.29, 1.82) is 0 Å². The van der Waals surface area contributed by atoms with Crippen LogP contribution in [0.1, 0.15) is 5.56 Å². The highest BCUT2D eigenvalue weighted by Crippen LogP contribution is 2.40. The number of ether oxygens (including phenoxy) is 1. The van der Waals surface area contributed by atoms with E-state index >= 15 is 0 Å². The molecule has 0 radical (unpaired) electrons. The molecule has 0 bridgehead atoms. The molecule has 2 heterocycles. The Balaban J connectivity index is 1.66. The van der Waals surface area contributed by atoms with E-state index in [1.807, 2.05) is 36.6 Å². The zero-order valence-corrected chi connectivity index (χ0v) is 21.7. The average molecular weight is 553 g/mol. The van der Waals surface area contributed by atoms with Gasteiger partial charge in [0.05, 0.1) is 21.3 Å². The van der Waals surface area contributed by atoms with Crippen LogP contribution in [0.4, 0.5) is 4.39 Å². The van der Waals surface area contributed by atoms with E-state index in [0.29, 0.717) is 37.7 Å². The van der Waals surface area contributed by atoms with Crippen LogP contribution in [0.25, 0.3) is 34.0 Å². The molecular weight excluding hydrogens is 534 g/mol. The fourth-order valence-electron chi connectivity index (χ4n) is 3.78. The van der Waals surface area contributed by atoms with Crippen molar-refractivity contribution in [3.05, 3.63) is 100 Å². The molecule has 0 saturated carbocycles. The van der Waals surface area contributed by atoms with Crippen LogP contribution in [0.15, 0.2) is 84.1 Å². The van der Waals surface area contributed by atoms with Crippen molar-refractivity contribution in [1.82, 2.24) is 19.7 Å². The third kappa shape index (κ3) is 5.13. The second-order valence-corrected chi connectivity index (χ2v) is 9.48. The van der Waals surface area contributed by atoms with Crippen molar-refractivity contribution in [2.45, 2.75) is 11.8 Å². The topological polar surface area (TPSA) is 73.1 Å². The largest absolute Gasteiger partial charge is 0.486 e. The Morgan fingerprint density at radius 2 is 1.73 bits per heavy atom. The van der Waals surface area contributed by atoms with Gasteiger partial charge in [-0.2, -0.15) is 4.73 Å². The lowest BCUT2D eigenvalue weighted by Crippen LogP contribution is -2.01.